The highest BCUT2D eigenvalue weighted by molar-refractivity contribution is 6.13. The Morgan fingerprint density at radius 1 is 0.386 bits per heavy atom. The molecule has 9 heteroatoms. The van der Waals surface area contributed by atoms with Crippen LogP contribution in [0.25, 0.3) is 121 Å². The van der Waals surface area contributed by atoms with Gasteiger partial charge in [0, 0.05) is 61.8 Å². The molecule has 70 heavy (non-hydrogen) atoms. The molecule has 0 aliphatic carbocycles. The third-order valence-corrected chi connectivity index (χ3v) is 13.1. The molecule has 0 radical (unpaired) electrons. The smallest absolute Gasteiger partial charge is 0.308 e. The number of hydrogen-bond donors (Lipinski definition) is 0. The van der Waals surface area contributed by atoms with E-state index in [1.54, 1.807) is 18.5 Å². The standard InChI is InChI=1S/C61H35F3N6/c1-65-44-32-42(31-43(35-44)61(62,63)64)51-36-57(69-53-23-11-9-19-47(53)49-27-25-40(33-55(49)69)45-21-13-29-67-59(45)38-15-5-3-6-16-38)58(37-52(51)66-2)70-54-24-12-10-20-48(54)50-28-26-41(34-56(50)70)46-22-14-30-68-60(46)39-17-7-4-8-18-39/h3-37H. The van der Waals surface area contributed by atoms with Gasteiger partial charge in [-0.2, -0.15) is 13.2 Å². The zero-order valence-electron chi connectivity index (χ0n) is 37.0. The maximum Gasteiger partial charge on any atom is 0.415 e. The molecule has 4 heterocycles. The first-order valence-electron chi connectivity index (χ1n) is 22.5. The van der Waals surface area contributed by atoms with Gasteiger partial charge < -0.3 is 9.13 Å². The molecule has 0 N–H and O–H groups in total. The van der Waals surface area contributed by atoms with E-state index >= 15 is 0 Å². The first-order valence-corrected chi connectivity index (χ1v) is 22.5. The largest absolute Gasteiger partial charge is 0.415 e. The van der Waals surface area contributed by atoms with Gasteiger partial charge in [0.05, 0.1) is 58.0 Å². The van der Waals surface area contributed by atoms with E-state index in [1.807, 2.05) is 109 Å². The highest BCUT2D eigenvalue weighted by Crippen LogP contribution is 2.46. The minimum absolute atomic E-state index is 0.110. The van der Waals surface area contributed by atoms with E-state index in [9.17, 15) is 13.2 Å². The number of rotatable bonds is 7. The number of pyridine rings is 2. The van der Waals surface area contributed by atoms with Crippen LogP contribution in [0.3, 0.4) is 0 Å². The second-order valence-corrected chi connectivity index (χ2v) is 17.0. The molecule has 8 aromatic carbocycles. The van der Waals surface area contributed by atoms with Crippen LogP contribution in [0.15, 0.2) is 213 Å². The average molecular weight is 909 g/mol. The van der Waals surface area contributed by atoms with Gasteiger partial charge in [0.1, 0.15) is 0 Å². The van der Waals surface area contributed by atoms with Crippen LogP contribution in [0.2, 0.25) is 0 Å². The molecule has 0 bridgehead atoms. The summed E-state index contributed by atoms with van der Waals surface area (Å²) >= 11 is 0. The first-order chi connectivity index (χ1) is 34.3. The van der Waals surface area contributed by atoms with E-state index < -0.39 is 11.7 Å². The van der Waals surface area contributed by atoms with Crippen molar-refractivity contribution in [3.63, 3.8) is 0 Å². The van der Waals surface area contributed by atoms with Gasteiger partial charge in [0.2, 0.25) is 0 Å². The Labute approximate surface area is 400 Å². The lowest BCUT2D eigenvalue weighted by Gasteiger charge is -2.21. The summed E-state index contributed by atoms with van der Waals surface area (Å²) in [4.78, 5) is 17.2. The molecular formula is C61H35F3N6. The van der Waals surface area contributed by atoms with Gasteiger partial charge in [-0.1, -0.05) is 133 Å². The zero-order chi connectivity index (χ0) is 47.5. The molecular weight excluding hydrogens is 874 g/mol. The van der Waals surface area contributed by atoms with E-state index in [-0.39, 0.29) is 22.5 Å². The van der Waals surface area contributed by atoms with Gasteiger partial charge in [-0.3, -0.25) is 9.97 Å². The van der Waals surface area contributed by atoms with Crippen LogP contribution < -0.4 is 0 Å². The lowest BCUT2D eigenvalue weighted by molar-refractivity contribution is -0.137. The molecule has 0 spiro atoms. The van der Waals surface area contributed by atoms with Crippen LogP contribution in [0.1, 0.15) is 5.56 Å². The predicted molar refractivity (Wildman–Crippen MR) is 275 cm³/mol. The number of fused-ring (bicyclic) bond motifs is 6. The number of alkyl halides is 3. The second kappa shape index (κ2) is 16.6. The van der Waals surface area contributed by atoms with Gasteiger partial charge in [-0.15, -0.1) is 0 Å². The molecule has 0 saturated carbocycles. The summed E-state index contributed by atoms with van der Waals surface area (Å²) < 4.78 is 48.1. The number of benzene rings is 8. The molecule has 0 aliphatic heterocycles. The van der Waals surface area contributed by atoms with Crippen LogP contribution in [-0.4, -0.2) is 19.1 Å². The molecule has 0 aliphatic rings. The Morgan fingerprint density at radius 3 is 1.37 bits per heavy atom. The summed E-state index contributed by atoms with van der Waals surface area (Å²) in [6.45, 7) is 16.4. The maximum absolute atomic E-state index is 14.6. The number of halogens is 3. The third kappa shape index (κ3) is 6.96. The lowest BCUT2D eigenvalue weighted by atomic mass is 9.97. The normalized spacial score (nSPS) is 11.6. The van der Waals surface area contributed by atoms with E-state index in [4.69, 9.17) is 23.1 Å². The molecule has 0 unspecified atom stereocenters. The van der Waals surface area contributed by atoms with Gasteiger partial charge >= 0.3 is 6.18 Å². The van der Waals surface area contributed by atoms with Crippen LogP contribution in [0.5, 0.6) is 0 Å². The van der Waals surface area contributed by atoms with Crippen LogP contribution in [-0.2, 0) is 6.18 Å². The van der Waals surface area contributed by atoms with E-state index in [0.717, 1.165) is 101 Å². The lowest BCUT2D eigenvalue weighted by Crippen LogP contribution is -2.06. The summed E-state index contributed by atoms with van der Waals surface area (Å²) in [5, 5.41) is 3.87. The van der Waals surface area contributed by atoms with Gasteiger partial charge in [0.15, 0.2) is 11.4 Å². The van der Waals surface area contributed by atoms with Crippen LogP contribution in [0.4, 0.5) is 24.5 Å². The molecule has 0 saturated heterocycles. The summed E-state index contributed by atoms with van der Waals surface area (Å²) in [7, 11) is 0. The average Bonchev–Trinajstić information content (AvgIpc) is 3.92. The minimum atomic E-state index is -4.74. The zero-order valence-corrected chi connectivity index (χ0v) is 37.0. The predicted octanol–water partition coefficient (Wildman–Crippen LogP) is 17.1. The second-order valence-electron chi connectivity index (χ2n) is 17.0. The highest BCUT2D eigenvalue weighted by atomic mass is 19.4. The van der Waals surface area contributed by atoms with Gasteiger partial charge in [0.25, 0.3) is 0 Å². The highest BCUT2D eigenvalue weighted by Gasteiger charge is 2.32. The summed E-state index contributed by atoms with van der Waals surface area (Å²) in [5.74, 6) is 0. The molecule has 0 atom stereocenters. The van der Waals surface area contributed by atoms with Crippen LogP contribution in [0, 0.1) is 13.1 Å². The quantitative estimate of drug-likeness (QED) is 0.150. The van der Waals surface area contributed by atoms with Crippen molar-refractivity contribution >= 4 is 55.0 Å². The van der Waals surface area contributed by atoms with Crippen molar-refractivity contribution in [1.82, 2.24) is 19.1 Å². The van der Waals surface area contributed by atoms with Crippen molar-refractivity contribution in [3.05, 3.63) is 241 Å². The van der Waals surface area contributed by atoms with Gasteiger partial charge in [-0.25, -0.2) is 9.69 Å². The van der Waals surface area contributed by atoms with Gasteiger partial charge in [-0.05, 0) is 89.0 Å². The van der Waals surface area contributed by atoms with Crippen molar-refractivity contribution in [1.29, 1.82) is 0 Å². The molecule has 0 amide bonds. The summed E-state index contributed by atoms with van der Waals surface area (Å²) in [5.41, 5.74) is 11.3. The fourth-order valence-corrected chi connectivity index (χ4v) is 9.97. The van der Waals surface area contributed by atoms with E-state index in [1.165, 1.54) is 6.07 Å². The Kier molecular flexibility index (Phi) is 9.94. The fraction of sp³-hybridized carbons (Fsp3) is 0.0164. The number of para-hydroxylation sites is 2. The Bertz CT molecular complexity index is 4140. The van der Waals surface area contributed by atoms with Crippen molar-refractivity contribution in [2.45, 2.75) is 6.18 Å². The van der Waals surface area contributed by atoms with E-state index in [0.29, 0.717) is 11.4 Å². The van der Waals surface area contributed by atoms with Crippen molar-refractivity contribution in [3.8, 4) is 67.3 Å². The molecule has 12 aromatic rings. The van der Waals surface area contributed by atoms with Crippen LogP contribution >= 0.6 is 0 Å². The first kappa shape index (κ1) is 41.8. The maximum atomic E-state index is 14.6. The molecule has 6 nitrogen and oxygen atoms in total. The molecule has 0 fully saturated rings. The van der Waals surface area contributed by atoms with E-state index in [2.05, 4.69) is 85.6 Å². The Morgan fingerprint density at radius 2 is 0.871 bits per heavy atom. The molecule has 330 valence electrons. The number of aromatic nitrogens is 4. The molecule has 4 aromatic heterocycles. The van der Waals surface area contributed by atoms with Crippen molar-refractivity contribution in [2.24, 2.45) is 0 Å². The van der Waals surface area contributed by atoms with Crippen molar-refractivity contribution < 1.29 is 13.2 Å². The topological polar surface area (TPSA) is 44.4 Å². The van der Waals surface area contributed by atoms with Crippen molar-refractivity contribution in [2.75, 3.05) is 0 Å². The summed E-state index contributed by atoms with van der Waals surface area (Å²) in [6.07, 6.45) is -1.16. The number of nitrogens with zero attached hydrogens (tertiary/aromatic N) is 6. The SMILES string of the molecule is [C-]#[N+]c1cc(-c2cc(-n3c4ccccc4c4ccc(-c5cccnc5-c5ccccc5)cc43)c(-n3c4ccccc4c4ccc(-c5cccnc5-c5ccccc5)cc43)cc2[N+]#[C-])cc(C(F)(F)F)c1. The summed E-state index contributed by atoms with van der Waals surface area (Å²) in [6, 6.07) is 63.9. The minimum Gasteiger partial charge on any atom is -0.308 e. The molecule has 12 rings (SSSR count). The Hall–Kier alpha value is -9.57. The Balaban J connectivity index is 1.20. The third-order valence-electron chi connectivity index (χ3n) is 13.1. The fourth-order valence-electron chi connectivity index (χ4n) is 9.97. The number of hydrogen-bond acceptors (Lipinski definition) is 2. The monoisotopic (exact) mass is 908 g/mol.